The predicted octanol–water partition coefficient (Wildman–Crippen LogP) is 1.52. The fourth-order valence-corrected chi connectivity index (χ4v) is 2.68. The highest BCUT2D eigenvalue weighted by atomic mass is 32.2. The average molecular weight is 259 g/mol. The topological polar surface area (TPSA) is 49.3 Å². The van der Waals surface area contributed by atoms with Crippen molar-refractivity contribution in [2.75, 3.05) is 18.6 Å². The first-order valence-corrected chi connectivity index (χ1v) is 7.36. The lowest BCUT2D eigenvalue weighted by molar-refractivity contribution is -0.121. The Morgan fingerprint density at radius 3 is 3.00 bits per heavy atom. The Morgan fingerprint density at radius 1 is 1.69 bits per heavy atom. The molecule has 5 heteroatoms. The largest absolute Gasteiger partial charge is 0.387 e. The molecule has 0 saturated heterocycles. The third kappa shape index (κ3) is 5.01. The first-order chi connectivity index (χ1) is 7.53. The Labute approximate surface area is 104 Å². The number of carbonyl (C=O) groups excluding carboxylic acids is 1. The van der Waals surface area contributed by atoms with Gasteiger partial charge in [-0.3, -0.25) is 4.79 Å². The lowest BCUT2D eigenvalue weighted by Crippen LogP contribution is -2.42. The van der Waals surface area contributed by atoms with Crippen molar-refractivity contribution in [2.45, 2.75) is 18.9 Å². The van der Waals surface area contributed by atoms with Crippen molar-refractivity contribution in [3.8, 4) is 0 Å². The van der Waals surface area contributed by atoms with Gasteiger partial charge < -0.3 is 10.4 Å². The molecule has 1 heterocycles. The predicted molar refractivity (Wildman–Crippen MR) is 70.0 cm³/mol. The zero-order chi connectivity index (χ0) is 12.0. The van der Waals surface area contributed by atoms with Gasteiger partial charge in [0.05, 0.1) is 12.0 Å². The van der Waals surface area contributed by atoms with Crippen LogP contribution < -0.4 is 5.32 Å². The molecule has 0 spiro atoms. The quantitative estimate of drug-likeness (QED) is 0.814. The minimum absolute atomic E-state index is 0.0419. The lowest BCUT2D eigenvalue weighted by atomic mass is 10.1. The van der Waals surface area contributed by atoms with Gasteiger partial charge in [0.2, 0.25) is 5.91 Å². The molecule has 0 radical (unpaired) electrons. The molecule has 0 bridgehead atoms. The van der Waals surface area contributed by atoms with E-state index in [2.05, 4.69) is 5.32 Å². The minimum Gasteiger partial charge on any atom is -0.387 e. The molecular formula is C11H17NO2S2. The van der Waals surface area contributed by atoms with E-state index in [4.69, 9.17) is 0 Å². The summed E-state index contributed by atoms with van der Waals surface area (Å²) < 4.78 is 0. The number of thiophene rings is 1. The van der Waals surface area contributed by atoms with Gasteiger partial charge in [-0.1, -0.05) is 0 Å². The van der Waals surface area contributed by atoms with E-state index in [1.807, 2.05) is 23.1 Å². The maximum absolute atomic E-state index is 11.5. The van der Waals surface area contributed by atoms with Crippen LogP contribution in [-0.2, 0) is 11.2 Å². The highest BCUT2D eigenvalue weighted by Crippen LogP contribution is 2.10. The second-order valence-corrected chi connectivity index (χ2v) is 5.66. The van der Waals surface area contributed by atoms with Crippen molar-refractivity contribution >= 4 is 29.0 Å². The van der Waals surface area contributed by atoms with Gasteiger partial charge in [0.1, 0.15) is 0 Å². The fourth-order valence-electron chi connectivity index (χ4n) is 1.29. The van der Waals surface area contributed by atoms with E-state index in [1.165, 1.54) is 0 Å². The van der Waals surface area contributed by atoms with Crippen LogP contribution in [0.1, 0.15) is 12.5 Å². The van der Waals surface area contributed by atoms with Gasteiger partial charge in [0, 0.05) is 12.3 Å². The Hall–Kier alpha value is -0.520. The highest BCUT2D eigenvalue weighted by molar-refractivity contribution is 7.98. The monoisotopic (exact) mass is 259 g/mol. The van der Waals surface area contributed by atoms with Crippen LogP contribution in [0.25, 0.3) is 0 Å². The Bertz CT molecular complexity index is 323. The van der Waals surface area contributed by atoms with Gasteiger partial charge in [-0.15, -0.1) is 0 Å². The van der Waals surface area contributed by atoms with Crippen molar-refractivity contribution in [3.63, 3.8) is 0 Å². The number of amides is 1. The number of rotatable bonds is 6. The third-order valence-corrected chi connectivity index (χ3v) is 3.71. The van der Waals surface area contributed by atoms with Crippen LogP contribution in [0.3, 0.4) is 0 Å². The van der Waals surface area contributed by atoms with Crippen molar-refractivity contribution in [2.24, 2.45) is 0 Å². The van der Waals surface area contributed by atoms with Gasteiger partial charge in [-0.05, 0) is 35.6 Å². The molecule has 0 unspecified atom stereocenters. The number of thioether (sulfide) groups is 1. The number of hydrogen-bond donors (Lipinski definition) is 2. The summed E-state index contributed by atoms with van der Waals surface area (Å²) in [7, 11) is 0. The molecule has 0 aliphatic heterocycles. The van der Waals surface area contributed by atoms with E-state index in [1.54, 1.807) is 30.0 Å². The molecule has 1 amide bonds. The average Bonchev–Trinajstić information content (AvgIpc) is 2.68. The van der Waals surface area contributed by atoms with Gasteiger partial charge >= 0.3 is 0 Å². The standard InChI is InChI=1S/C11H17NO2S2/c1-11(14,8-15-2)7-12-10(13)5-9-3-4-16-6-9/h3-4,6,14H,5,7-8H2,1-2H3,(H,12,13)/t11-/m0/s1. The molecule has 1 aromatic rings. The molecule has 1 aromatic heterocycles. The van der Waals surface area contributed by atoms with E-state index in [-0.39, 0.29) is 5.91 Å². The summed E-state index contributed by atoms with van der Waals surface area (Å²) in [6.07, 6.45) is 2.32. The number of hydrogen-bond acceptors (Lipinski definition) is 4. The van der Waals surface area contributed by atoms with Crippen molar-refractivity contribution < 1.29 is 9.90 Å². The number of nitrogens with one attached hydrogen (secondary N) is 1. The van der Waals surface area contributed by atoms with Crippen LogP contribution in [0.5, 0.6) is 0 Å². The summed E-state index contributed by atoms with van der Waals surface area (Å²) >= 11 is 3.15. The molecule has 0 aliphatic rings. The maximum atomic E-state index is 11.5. The molecule has 90 valence electrons. The van der Waals surface area contributed by atoms with Crippen LogP contribution in [0, 0.1) is 0 Å². The maximum Gasteiger partial charge on any atom is 0.224 e. The van der Waals surface area contributed by atoms with E-state index >= 15 is 0 Å². The van der Waals surface area contributed by atoms with Gasteiger partial charge in [0.25, 0.3) is 0 Å². The van der Waals surface area contributed by atoms with E-state index in [0.717, 1.165) is 5.56 Å². The Kier molecular flexibility index (Phi) is 5.31. The summed E-state index contributed by atoms with van der Waals surface area (Å²) in [4.78, 5) is 11.5. The van der Waals surface area contributed by atoms with Gasteiger partial charge in [0.15, 0.2) is 0 Å². The van der Waals surface area contributed by atoms with Gasteiger partial charge in [-0.25, -0.2) is 0 Å². The minimum atomic E-state index is -0.830. The fraction of sp³-hybridized carbons (Fsp3) is 0.545. The van der Waals surface area contributed by atoms with E-state index in [9.17, 15) is 9.90 Å². The van der Waals surface area contributed by atoms with Crippen LogP contribution in [0.4, 0.5) is 0 Å². The summed E-state index contributed by atoms with van der Waals surface area (Å²) in [5.74, 6) is 0.575. The second-order valence-electron chi connectivity index (χ2n) is 4.02. The Balaban J connectivity index is 2.30. The molecule has 0 fully saturated rings. The molecule has 16 heavy (non-hydrogen) atoms. The highest BCUT2D eigenvalue weighted by Gasteiger charge is 2.20. The summed E-state index contributed by atoms with van der Waals surface area (Å²) in [5.41, 5.74) is 0.191. The SMILES string of the molecule is CSC[C@@](C)(O)CNC(=O)Cc1ccsc1. The molecular weight excluding hydrogens is 242 g/mol. The van der Waals surface area contributed by atoms with Crippen LogP contribution >= 0.6 is 23.1 Å². The molecule has 0 aromatic carbocycles. The Morgan fingerprint density at radius 2 is 2.44 bits per heavy atom. The normalized spacial score (nSPS) is 14.4. The zero-order valence-corrected chi connectivity index (χ0v) is 11.2. The smallest absolute Gasteiger partial charge is 0.224 e. The number of carbonyl (C=O) groups is 1. The summed E-state index contributed by atoms with van der Waals surface area (Å²) in [6.45, 7) is 2.03. The van der Waals surface area contributed by atoms with Crippen molar-refractivity contribution in [1.29, 1.82) is 0 Å². The van der Waals surface area contributed by atoms with E-state index in [0.29, 0.717) is 18.7 Å². The molecule has 0 saturated carbocycles. The van der Waals surface area contributed by atoms with Crippen molar-refractivity contribution in [1.82, 2.24) is 5.32 Å². The third-order valence-electron chi connectivity index (χ3n) is 2.07. The molecule has 1 rings (SSSR count). The van der Waals surface area contributed by atoms with Crippen LogP contribution in [0.15, 0.2) is 16.8 Å². The summed E-state index contributed by atoms with van der Waals surface area (Å²) in [5, 5.41) is 16.5. The van der Waals surface area contributed by atoms with Gasteiger partial charge in [-0.2, -0.15) is 23.1 Å². The van der Waals surface area contributed by atoms with Crippen molar-refractivity contribution in [3.05, 3.63) is 22.4 Å². The lowest BCUT2D eigenvalue weighted by Gasteiger charge is -2.22. The molecule has 1 atom stereocenters. The van der Waals surface area contributed by atoms with E-state index < -0.39 is 5.60 Å². The molecule has 0 aliphatic carbocycles. The zero-order valence-electron chi connectivity index (χ0n) is 9.53. The first kappa shape index (κ1) is 13.5. The van der Waals surface area contributed by atoms with Crippen LogP contribution in [-0.4, -0.2) is 35.2 Å². The molecule has 2 N–H and O–H groups in total. The number of aliphatic hydroxyl groups is 1. The van der Waals surface area contributed by atoms with Crippen LogP contribution in [0.2, 0.25) is 0 Å². The second kappa shape index (κ2) is 6.27. The first-order valence-electron chi connectivity index (χ1n) is 5.02. The summed E-state index contributed by atoms with van der Waals surface area (Å²) in [6, 6.07) is 1.93. The molecule has 3 nitrogen and oxygen atoms in total.